The van der Waals surface area contributed by atoms with Crippen LogP contribution in [0.25, 0.3) is 0 Å². The highest BCUT2D eigenvalue weighted by atomic mass is 16.5. The first-order valence-electron chi connectivity index (χ1n) is 7.57. The van der Waals surface area contributed by atoms with Gasteiger partial charge in [-0.3, -0.25) is 9.69 Å². The molecule has 1 atom stereocenters. The molecule has 2 saturated heterocycles. The zero-order chi connectivity index (χ0) is 14.7. The van der Waals surface area contributed by atoms with Crippen molar-refractivity contribution < 1.29 is 9.53 Å². The maximum Gasteiger partial charge on any atom is 0.238 e. The van der Waals surface area contributed by atoms with Crippen LogP contribution < -0.4 is 15.4 Å². The molecule has 0 saturated carbocycles. The Balaban J connectivity index is 1.55. The molecular weight excluding hydrogens is 266 g/mol. The summed E-state index contributed by atoms with van der Waals surface area (Å²) in [6.07, 6.45) is 2.43. The summed E-state index contributed by atoms with van der Waals surface area (Å²) < 4.78 is 5.26. The van der Waals surface area contributed by atoms with Crippen LogP contribution in [0.1, 0.15) is 12.8 Å². The van der Waals surface area contributed by atoms with Gasteiger partial charge in [-0.05, 0) is 43.5 Å². The highest BCUT2D eigenvalue weighted by Crippen LogP contribution is 2.35. The van der Waals surface area contributed by atoms with Crippen LogP contribution >= 0.6 is 0 Å². The van der Waals surface area contributed by atoms with Crippen LogP contribution in [-0.2, 0) is 4.79 Å². The van der Waals surface area contributed by atoms with Gasteiger partial charge >= 0.3 is 0 Å². The summed E-state index contributed by atoms with van der Waals surface area (Å²) in [6.45, 7) is 4.71. The molecule has 3 rings (SSSR count). The van der Waals surface area contributed by atoms with E-state index in [1.165, 1.54) is 12.8 Å². The zero-order valence-electron chi connectivity index (χ0n) is 12.5. The number of hydrogen-bond donors (Lipinski definition) is 2. The van der Waals surface area contributed by atoms with Crippen molar-refractivity contribution in [2.75, 3.05) is 45.2 Å². The zero-order valence-corrected chi connectivity index (χ0v) is 12.5. The molecule has 2 aliphatic heterocycles. The summed E-state index contributed by atoms with van der Waals surface area (Å²) in [6, 6.07) is 7.51. The van der Waals surface area contributed by atoms with Crippen molar-refractivity contribution in [1.82, 2.24) is 10.2 Å². The number of para-hydroxylation sites is 2. The fourth-order valence-electron chi connectivity index (χ4n) is 3.45. The van der Waals surface area contributed by atoms with Crippen LogP contribution in [0, 0.1) is 5.41 Å². The molecule has 1 aromatic carbocycles. The third-order valence-corrected chi connectivity index (χ3v) is 4.60. The molecule has 5 heteroatoms. The molecule has 2 N–H and O–H groups in total. The molecule has 21 heavy (non-hydrogen) atoms. The highest BCUT2D eigenvalue weighted by molar-refractivity contribution is 5.93. The number of ether oxygens (including phenoxy) is 1. The van der Waals surface area contributed by atoms with E-state index in [9.17, 15) is 4.79 Å². The number of nitrogens with one attached hydrogen (secondary N) is 2. The Hall–Kier alpha value is -1.59. The van der Waals surface area contributed by atoms with Crippen LogP contribution in [-0.4, -0.2) is 50.6 Å². The van der Waals surface area contributed by atoms with Gasteiger partial charge in [0.05, 0.1) is 19.3 Å². The fourth-order valence-corrected chi connectivity index (χ4v) is 3.45. The van der Waals surface area contributed by atoms with Crippen molar-refractivity contribution in [2.45, 2.75) is 12.8 Å². The number of amides is 1. The Labute approximate surface area is 125 Å². The van der Waals surface area contributed by atoms with Crippen molar-refractivity contribution >= 4 is 11.6 Å². The number of likely N-dealkylation sites (tertiary alicyclic amines) is 1. The van der Waals surface area contributed by atoms with E-state index in [0.29, 0.717) is 17.7 Å². The molecule has 1 amide bonds. The van der Waals surface area contributed by atoms with Crippen molar-refractivity contribution in [2.24, 2.45) is 5.41 Å². The molecule has 1 spiro atoms. The number of methoxy groups -OCH3 is 1. The monoisotopic (exact) mass is 289 g/mol. The van der Waals surface area contributed by atoms with Gasteiger partial charge in [-0.15, -0.1) is 0 Å². The van der Waals surface area contributed by atoms with Crippen molar-refractivity contribution in [1.29, 1.82) is 0 Å². The number of benzene rings is 1. The van der Waals surface area contributed by atoms with Gasteiger partial charge in [-0.1, -0.05) is 12.1 Å². The first kappa shape index (κ1) is 14.4. The Morgan fingerprint density at radius 2 is 2.29 bits per heavy atom. The maximum atomic E-state index is 12.2. The molecule has 2 fully saturated rings. The molecular formula is C16H23N3O2. The summed E-state index contributed by atoms with van der Waals surface area (Å²) in [4.78, 5) is 14.5. The predicted molar refractivity (Wildman–Crippen MR) is 82.6 cm³/mol. The molecule has 1 aromatic rings. The quantitative estimate of drug-likeness (QED) is 0.878. The minimum Gasteiger partial charge on any atom is -0.495 e. The first-order chi connectivity index (χ1) is 10.2. The Morgan fingerprint density at radius 1 is 1.43 bits per heavy atom. The summed E-state index contributed by atoms with van der Waals surface area (Å²) >= 11 is 0. The summed E-state index contributed by atoms with van der Waals surface area (Å²) in [5.41, 5.74) is 1.14. The Morgan fingerprint density at radius 3 is 3.05 bits per heavy atom. The second kappa shape index (κ2) is 6.03. The van der Waals surface area contributed by atoms with E-state index in [2.05, 4.69) is 15.5 Å². The van der Waals surface area contributed by atoms with Gasteiger partial charge in [0.15, 0.2) is 0 Å². The topological polar surface area (TPSA) is 53.6 Å². The molecule has 114 valence electrons. The summed E-state index contributed by atoms with van der Waals surface area (Å²) in [5.74, 6) is 0.728. The molecule has 1 unspecified atom stereocenters. The number of carbonyl (C=O) groups excluding carboxylic acids is 1. The number of nitrogens with zero attached hydrogens (tertiary/aromatic N) is 1. The lowest BCUT2D eigenvalue weighted by atomic mass is 9.87. The second-order valence-corrected chi connectivity index (χ2v) is 6.14. The average molecular weight is 289 g/mol. The third kappa shape index (κ3) is 3.19. The van der Waals surface area contributed by atoms with E-state index in [1.54, 1.807) is 7.11 Å². The standard InChI is InChI=1S/C16H23N3O2/c1-21-14-5-3-2-4-13(14)18-15(20)10-19-9-7-16(12-19)6-8-17-11-16/h2-5,17H,6-12H2,1H3,(H,18,20). The van der Waals surface area contributed by atoms with Gasteiger partial charge in [0.2, 0.25) is 5.91 Å². The second-order valence-electron chi connectivity index (χ2n) is 6.14. The summed E-state index contributed by atoms with van der Waals surface area (Å²) in [5, 5.41) is 6.39. The van der Waals surface area contributed by atoms with E-state index in [0.717, 1.165) is 31.9 Å². The van der Waals surface area contributed by atoms with Crippen LogP contribution in [0.5, 0.6) is 5.75 Å². The molecule has 5 nitrogen and oxygen atoms in total. The Kier molecular flexibility index (Phi) is 4.12. The van der Waals surface area contributed by atoms with E-state index < -0.39 is 0 Å². The van der Waals surface area contributed by atoms with E-state index in [-0.39, 0.29) is 5.91 Å². The van der Waals surface area contributed by atoms with Gasteiger partial charge in [-0.25, -0.2) is 0 Å². The van der Waals surface area contributed by atoms with E-state index >= 15 is 0 Å². The maximum absolute atomic E-state index is 12.2. The number of rotatable bonds is 4. The van der Waals surface area contributed by atoms with Crippen molar-refractivity contribution in [3.63, 3.8) is 0 Å². The van der Waals surface area contributed by atoms with Gasteiger partial charge in [0.25, 0.3) is 0 Å². The van der Waals surface area contributed by atoms with Crippen molar-refractivity contribution in [3.8, 4) is 5.75 Å². The van der Waals surface area contributed by atoms with Gasteiger partial charge in [0, 0.05) is 13.1 Å². The number of anilines is 1. The largest absolute Gasteiger partial charge is 0.495 e. The lowest BCUT2D eigenvalue weighted by molar-refractivity contribution is -0.117. The van der Waals surface area contributed by atoms with E-state index in [1.807, 2.05) is 24.3 Å². The molecule has 0 aromatic heterocycles. The summed E-state index contributed by atoms with van der Waals surface area (Å²) in [7, 11) is 1.61. The van der Waals surface area contributed by atoms with Crippen LogP contribution in [0.15, 0.2) is 24.3 Å². The highest BCUT2D eigenvalue weighted by Gasteiger charge is 2.40. The average Bonchev–Trinajstić information content (AvgIpc) is 3.10. The molecule has 2 heterocycles. The van der Waals surface area contributed by atoms with Gasteiger partial charge in [-0.2, -0.15) is 0 Å². The van der Waals surface area contributed by atoms with Gasteiger partial charge in [0.1, 0.15) is 5.75 Å². The smallest absolute Gasteiger partial charge is 0.238 e. The molecule has 0 radical (unpaired) electrons. The lowest BCUT2D eigenvalue weighted by Crippen LogP contribution is -2.34. The van der Waals surface area contributed by atoms with Crippen LogP contribution in [0.3, 0.4) is 0 Å². The minimum absolute atomic E-state index is 0.0301. The SMILES string of the molecule is COc1ccccc1NC(=O)CN1CCC2(CCNC2)C1. The number of carbonyl (C=O) groups is 1. The molecule has 2 aliphatic rings. The number of hydrogen-bond acceptors (Lipinski definition) is 4. The molecule has 0 bridgehead atoms. The van der Waals surface area contributed by atoms with E-state index in [4.69, 9.17) is 4.74 Å². The van der Waals surface area contributed by atoms with Crippen molar-refractivity contribution in [3.05, 3.63) is 24.3 Å². The lowest BCUT2D eigenvalue weighted by Gasteiger charge is -2.22. The fraction of sp³-hybridized carbons (Fsp3) is 0.562. The molecule has 0 aliphatic carbocycles. The Bertz CT molecular complexity index is 512. The van der Waals surface area contributed by atoms with Crippen LogP contribution in [0.4, 0.5) is 5.69 Å². The normalized spacial score (nSPS) is 25.4. The van der Waals surface area contributed by atoms with Crippen LogP contribution in [0.2, 0.25) is 0 Å². The minimum atomic E-state index is 0.0301. The predicted octanol–water partition coefficient (Wildman–Crippen LogP) is 1.32. The van der Waals surface area contributed by atoms with Gasteiger partial charge < -0.3 is 15.4 Å². The first-order valence-corrected chi connectivity index (χ1v) is 7.57. The third-order valence-electron chi connectivity index (χ3n) is 4.60.